The van der Waals surface area contributed by atoms with Crippen LogP contribution in [0, 0.1) is 0 Å². The molecule has 0 atom stereocenters. The molecular weight excluding hydrogens is 290 g/mol. The third kappa shape index (κ3) is 3.16. The summed E-state index contributed by atoms with van der Waals surface area (Å²) in [6, 6.07) is 12.8. The number of esters is 1. The highest BCUT2D eigenvalue weighted by Gasteiger charge is 2.25. The molecule has 0 aromatic heterocycles. The molecule has 2 aromatic carbocycles. The van der Waals surface area contributed by atoms with E-state index in [9.17, 15) is 13.2 Å². The Labute approximate surface area is 124 Å². The Kier molecular flexibility index (Phi) is 4.47. The van der Waals surface area contributed by atoms with Crippen LogP contribution in [0.15, 0.2) is 42.5 Å². The van der Waals surface area contributed by atoms with Crippen molar-refractivity contribution in [2.45, 2.75) is 6.92 Å². The molecule has 0 fully saturated rings. The number of sulfonamides is 1. The van der Waals surface area contributed by atoms with Gasteiger partial charge in [0.1, 0.15) is 6.54 Å². The van der Waals surface area contributed by atoms with Gasteiger partial charge in [-0.3, -0.25) is 9.10 Å². The van der Waals surface area contributed by atoms with Crippen molar-refractivity contribution in [1.29, 1.82) is 0 Å². The average Bonchev–Trinajstić information content (AvgIpc) is 2.51. The van der Waals surface area contributed by atoms with E-state index >= 15 is 0 Å². The van der Waals surface area contributed by atoms with E-state index in [2.05, 4.69) is 4.74 Å². The molecule has 0 saturated carbocycles. The van der Waals surface area contributed by atoms with Crippen LogP contribution in [0.2, 0.25) is 0 Å². The first-order valence-electron chi connectivity index (χ1n) is 6.54. The number of hydrogen-bond donors (Lipinski definition) is 0. The van der Waals surface area contributed by atoms with Gasteiger partial charge < -0.3 is 4.74 Å². The standard InChI is InChI=1S/C15H17NO4S/c1-3-21(18,19)16(11-15(17)20-2)14-10-6-8-12-7-4-5-9-13(12)14/h4-10H,3,11H2,1-2H3. The predicted molar refractivity (Wildman–Crippen MR) is 82.8 cm³/mol. The molecule has 0 aliphatic heterocycles. The van der Waals surface area contributed by atoms with Crippen LogP contribution in [0.5, 0.6) is 0 Å². The average molecular weight is 307 g/mol. The van der Waals surface area contributed by atoms with E-state index in [4.69, 9.17) is 0 Å². The van der Waals surface area contributed by atoms with E-state index in [0.717, 1.165) is 15.1 Å². The Morgan fingerprint density at radius 3 is 2.48 bits per heavy atom. The molecule has 0 radical (unpaired) electrons. The highest BCUT2D eigenvalue weighted by Crippen LogP contribution is 2.28. The number of nitrogens with zero attached hydrogens (tertiary/aromatic N) is 1. The highest BCUT2D eigenvalue weighted by atomic mass is 32.2. The first kappa shape index (κ1) is 15.3. The van der Waals surface area contributed by atoms with Gasteiger partial charge in [-0.05, 0) is 18.4 Å². The van der Waals surface area contributed by atoms with Crippen LogP contribution in [0.1, 0.15) is 6.92 Å². The van der Waals surface area contributed by atoms with Crippen molar-refractivity contribution >= 4 is 32.5 Å². The van der Waals surface area contributed by atoms with Gasteiger partial charge in [0.15, 0.2) is 0 Å². The zero-order chi connectivity index (χ0) is 15.5. The molecule has 5 nitrogen and oxygen atoms in total. The smallest absolute Gasteiger partial charge is 0.326 e. The lowest BCUT2D eigenvalue weighted by Crippen LogP contribution is -2.37. The van der Waals surface area contributed by atoms with Gasteiger partial charge in [-0.25, -0.2) is 8.42 Å². The normalized spacial score (nSPS) is 11.3. The molecule has 0 spiro atoms. The molecule has 0 saturated heterocycles. The molecule has 112 valence electrons. The number of carbonyl (C=O) groups is 1. The summed E-state index contributed by atoms with van der Waals surface area (Å²) in [5.74, 6) is -0.687. The monoisotopic (exact) mass is 307 g/mol. The number of hydrogen-bond acceptors (Lipinski definition) is 4. The summed E-state index contributed by atoms with van der Waals surface area (Å²) in [7, 11) is -2.34. The molecule has 0 aliphatic carbocycles. The third-order valence-corrected chi connectivity index (χ3v) is 4.96. The molecule has 0 amide bonds. The van der Waals surface area contributed by atoms with E-state index in [1.165, 1.54) is 7.11 Å². The van der Waals surface area contributed by atoms with E-state index in [-0.39, 0.29) is 12.3 Å². The van der Waals surface area contributed by atoms with Gasteiger partial charge >= 0.3 is 5.97 Å². The van der Waals surface area contributed by atoms with Gasteiger partial charge in [0.25, 0.3) is 0 Å². The number of benzene rings is 2. The lowest BCUT2D eigenvalue weighted by atomic mass is 10.1. The Hall–Kier alpha value is -2.08. The Morgan fingerprint density at radius 2 is 1.81 bits per heavy atom. The summed E-state index contributed by atoms with van der Waals surface area (Å²) in [5.41, 5.74) is 0.486. The fourth-order valence-corrected chi connectivity index (χ4v) is 3.17. The van der Waals surface area contributed by atoms with Crippen molar-refractivity contribution in [3.63, 3.8) is 0 Å². The van der Waals surface area contributed by atoms with E-state index in [0.29, 0.717) is 5.69 Å². The number of fused-ring (bicyclic) bond motifs is 1. The second-order valence-corrected chi connectivity index (χ2v) is 6.66. The quantitative estimate of drug-likeness (QED) is 0.794. The van der Waals surface area contributed by atoms with Crippen LogP contribution in [0.25, 0.3) is 10.8 Å². The summed E-state index contributed by atoms with van der Waals surface area (Å²) < 4.78 is 30.3. The SMILES string of the molecule is CCS(=O)(=O)N(CC(=O)OC)c1cccc2ccccc12. The maximum absolute atomic E-state index is 12.3. The molecule has 6 heteroatoms. The summed E-state index contributed by atoms with van der Waals surface area (Å²) >= 11 is 0. The molecule has 2 aromatic rings. The summed E-state index contributed by atoms with van der Waals surface area (Å²) in [4.78, 5) is 11.6. The fourth-order valence-electron chi connectivity index (χ4n) is 2.10. The van der Waals surface area contributed by atoms with Crippen LogP contribution >= 0.6 is 0 Å². The largest absolute Gasteiger partial charge is 0.468 e. The van der Waals surface area contributed by atoms with Crippen molar-refractivity contribution in [3.8, 4) is 0 Å². The van der Waals surface area contributed by atoms with Crippen molar-refractivity contribution in [3.05, 3.63) is 42.5 Å². The Balaban J connectivity index is 2.61. The van der Waals surface area contributed by atoms with Gasteiger partial charge in [-0.15, -0.1) is 0 Å². The van der Waals surface area contributed by atoms with Gasteiger partial charge in [0.2, 0.25) is 10.0 Å². The fraction of sp³-hybridized carbons (Fsp3) is 0.267. The minimum absolute atomic E-state index is 0.0901. The predicted octanol–water partition coefficient (Wildman–Crippen LogP) is 2.17. The molecule has 0 heterocycles. The molecule has 0 N–H and O–H groups in total. The van der Waals surface area contributed by atoms with E-state index < -0.39 is 16.0 Å². The van der Waals surface area contributed by atoms with E-state index in [1.54, 1.807) is 19.1 Å². The maximum Gasteiger partial charge on any atom is 0.326 e. The molecule has 0 bridgehead atoms. The van der Waals surface area contributed by atoms with Crippen molar-refractivity contribution < 1.29 is 17.9 Å². The minimum Gasteiger partial charge on any atom is -0.468 e. The molecular formula is C15H17NO4S. The summed E-state index contributed by atoms with van der Waals surface area (Å²) in [6.45, 7) is 1.21. The second-order valence-electron chi connectivity index (χ2n) is 4.48. The zero-order valence-corrected chi connectivity index (χ0v) is 12.8. The van der Waals surface area contributed by atoms with Crippen LogP contribution in [-0.2, 0) is 19.6 Å². The number of anilines is 1. The Bertz CT molecular complexity index is 750. The molecule has 0 unspecified atom stereocenters. The molecule has 0 aliphatic rings. The second kappa shape index (κ2) is 6.13. The topological polar surface area (TPSA) is 63.7 Å². The van der Waals surface area contributed by atoms with Crippen LogP contribution < -0.4 is 4.31 Å². The first-order valence-corrected chi connectivity index (χ1v) is 8.15. The van der Waals surface area contributed by atoms with Crippen molar-refractivity contribution in [2.75, 3.05) is 23.7 Å². The number of ether oxygens (including phenoxy) is 1. The van der Waals surface area contributed by atoms with Crippen LogP contribution in [-0.4, -0.2) is 33.8 Å². The summed E-state index contributed by atoms with van der Waals surface area (Å²) in [6.07, 6.45) is 0. The summed E-state index contributed by atoms with van der Waals surface area (Å²) in [5, 5.41) is 1.69. The van der Waals surface area contributed by atoms with Crippen LogP contribution in [0.3, 0.4) is 0 Å². The lowest BCUT2D eigenvalue weighted by Gasteiger charge is -2.24. The molecule has 2 rings (SSSR count). The number of methoxy groups -OCH3 is 1. The van der Waals surface area contributed by atoms with Crippen LogP contribution in [0.4, 0.5) is 5.69 Å². The van der Waals surface area contributed by atoms with Crippen molar-refractivity contribution in [1.82, 2.24) is 0 Å². The minimum atomic E-state index is -3.58. The van der Waals surface area contributed by atoms with E-state index in [1.807, 2.05) is 30.3 Å². The maximum atomic E-state index is 12.3. The lowest BCUT2D eigenvalue weighted by molar-refractivity contribution is -0.138. The highest BCUT2D eigenvalue weighted by molar-refractivity contribution is 7.92. The van der Waals surface area contributed by atoms with Crippen molar-refractivity contribution in [2.24, 2.45) is 0 Å². The van der Waals surface area contributed by atoms with Gasteiger partial charge in [-0.1, -0.05) is 36.4 Å². The third-order valence-electron chi connectivity index (χ3n) is 3.24. The molecule has 21 heavy (non-hydrogen) atoms. The van der Waals surface area contributed by atoms with Gasteiger partial charge in [-0.2, -0.15) is 0 Å². The zero-order valence-electron chi connectivity index (χ0n) is 11.9. The first-order chi connectivity index (χ1) is 9.99. The number of carbonyl (C=O) groups excluding carboxylic acids is 1. The number of rotatable bonds is 5. The van der Waals surface area contributed by atoms with Gasteiger partial charge in [0.05, 0.1) is 18.6 Å². The van der Waals surface area contributed by atoms with Gasteiger partial charge in [0, 0.05) is 5.39 Å². The Morgan fingerprint density at radius 1 is 1.14 bits per heavy atom.